The van der Waals surface area contributed by atoms with Crippen LogP contribution < -0.4 is 0 Å². The van der Waals surface area contributed by atoms with E-state index in [0.29, 0.717) is 5.82 Å². The van der Waals surface area contributed by atoms with Crippen LogP contribution in [0.2, 0.25) is 0 Å². The summed E-state index contributed by atoms with van der Waals surface area (Å²) in [5.41, 5.74) is 12.8. The van der Waals surface area contributed by atoms with Gasteiger partial charge in [-0.3, -0.25) is 0 Å². The standard InChI is InChI=1S/C57H37N3O/c1-5-18-38(19-6-1)53-48-29-13-15-30-50(48)58-56(59-53)39-20-17-27-44(36-39)60-51-35-32-43(37-49(51)46-33-34-47-45-28-14-16-31-52(45)61-55(47)54(46)60)57(40-21-7-2-8-22-40,41-23-9-3-10-24-41)42-25-11-4-12-26-42/h1-37H. The summed E-state index contributed by atoms with van der Waals surface area (Å²) in [6.45, 7) is 0. The summed E-state index contributed by atoms with van der Waals surface area (Å²) in [7, 11) is 0. The number of nitrogens with zero attached hydrogens (tertiary/aromatic N) is 3. The summed E-state index contributed by atoms with van der Waals surface area (Å²) in [6.07, 6.45) is 0. The van der Waals surface area contributed by atoms with Crippen molar-refractivity contribution in [3.63, 3.8) is 0 Å². The molecule has 9 aromatic carbocycles. The van der Waals surface area contributed by atoms with Gasteiger partial charge in [0.25, 0.3) is 0 Å². The molecule has 0 N–H and O–H groups in total. The smallest absolute Gasteiger partial charge is 0.160 e. The van der Waals surface area contributed by atoms with E-state index < -0.39 is 5.41 Å². The number of benzene rings is 9. The van der Waals surface area contributed by atoms with Gasteiger partial charge in [0.05, 0.1) is 27.7 Å². The van der Waals surface area contributed by atoms with E-state index in [0.717, 1.165) is 77.2 Å². The van der Waals surface area contributed by atoms with E-state index in [9.17, 15) is 0 Å². The fourth-order valence-electron chi connectivity index (χ4n) is 9.65. The first-order chi connectivity index (χ1) is 30.3. The molecule has 0 amide bonds. The Morgan fingerprint density at radius 1 is 0.393 bits per heavy atom. The molecule has 3 aromatic heterocycles. The quantitative estimate of drug-likeness (QED) is 0.151. The lowest BCUT2D eigenvalue weighted by Gasteiger charge is -2.37. The fourth-order valence-corrected chi connectivity index (χ4v) is 9.65. The summed E-state index contributed by atoms with van der Waals surface area (Å²) in [4.78, 5) is 10.4. The highest BCUT2D eigenvalue weighted by atomic mass is 16.3. The molecule has 0 fully saturated rings. The molecule has 12 aromatic rings. The highest BCUT2D eigenvalue weighted by molar-refractivity contribution is 6.21. The average Bonchev–Trinajstić information content (AvgIpc) is 3.89. The monoisotopic (exact) mass is 779 g/mol. The number of furan rings is 1. The highest BCUT2D eigenvalue weighted by Gasteiger charge is 2.38. The first kappa shape index (κ1) is 34.9. The van der Waals surface area contributed by atoms with Gasteiger partial charge in [0.2, 0.25) is 0 Å². The minimum Gasteiger partial charge on any atom is -0.454 e. The summed E-state index contributed by atoms with van der Waals surface area (Å²) in [5.74, 6) is 0.676. The second-order valence-electron chi connectivity index (χ2n) is 15.7. The van der Waals surface area contributed by atoms with Gasteiger partial charge in [0.1, 0.15) is 5.58 Å². The predicted molar refractivity (Wildman–Crippen MR) is 250 cm³/mol. The zero-order valence-corrected chi connectivity index (χ0v) is 33.1. The first-order valence-corrected chi connectivity index (χ1v) is 20.7. The van der Waals surface area contributed by atoms with Crippen LogP contribution in [0, 0.1) is 0 Å². The van der Waals surface area contributed by atoms with Gasteiger partial charge in [-0.25, -0.2) is 9.97 Å². The largest absolute Gasteiger partial charge is 0.454 e. The molecule has 0 saturated heterocycles. The van der Waals surface area contributed by atoms with Crippen LogP contribution in [0.4, 0.5) is 0 Å². The molecule has 4 nitrogen and oxygen atoms in total. The van der Waals surface area contributed by atoms with Gasteiger partial charge in [-0.15, -0.1) is 0 Å². The summed E-state index contributed by atoms with van der Waals surface area (Å²) in [5, 5.41) is 5.46. The summed E-state index contributed by atoms with van der Waals surface area (Å²) < 4.78 is 9.22. The van der Waals surface area contributed by atoms with Crippen molar-refractivity contribution < 1.29 is 4.42 Å². The van der Waals surface area contributed by atoms with Crippen LogP contribution in [0.25, 0.3) is 83.0 Å². The Labute approximate surface area is 352 Å². The number of hydrogen-bond donors (Lipinski definition) is 0. The third-order valence-electron chi connectivity index (χ3n) is 12.3. The lowest BCUT2D eigenvalue weighted by Crippen LogP contribution is -2.30. The first-order valence-electron chi connectivity index (χ1n) is 20.7. The lowest BCUT2D eigenvalue weighted by molar-refractivity contribution is 0.671. The molecule has 3 heterocycles. The Hall–Kier alpha value is -8.08. The van der Waals surface area contributed by atoms with E-state index >= 15 is 0 Å². The maximum Gasteiger partial charge on any atom is 0.160 e. The molecule has 0 aliphatic heterocycles. The molecule has 0 radical (unpaired) electrons. The molecule has 0 atom stereocenters. The van der Waals surface area contributed by atoms with Crippen molar-refractivity contribution in [2.75, 3.05) is 0 Å². The number of hydrogen-bond acceptors (Lipinski definition) is 3. The van der Waals surface area contributed by atoms with Crippen LogP contribution in [0.3, 0.4) is 0 Å². The van der Waals surface area contributed by atoms with Crippen molar-refractivity contribution in [3.8, 4) is 28.3 Å². The number of rotatable bonds is 7. The number of aromatic nitrogens is 3. The van der Waals surface area contributed by atoms with Gasteiger partial charge in [-0.1, -0.05) is 182 Å². The molecular formula is C57H37N3O. The summed E-state index contributed by atoms with van der Waals surface area (Å²) in [6, 6.07) is 79.8. The van der Waals surface area contributed by atoms with E-state index in [1.807, 2.05) is 18.2 Å². The topological polar surface area (TPSA) is 43.9 Å². The second kappa shape index (κ2) is 14.0. The van der Waals surface area contributed by atoms with E-state index in [1.165, 1.54) is 22.3 Å². The van der Waals surface area contributed by atoms with Crippen LogP contribution >= 0.6 is 0 Å². The van der Waals surface area contributed by atoms with Crippen LogP contribution in [0.1, 0.15) is 22.3 Å². The normalized spacial score (nSPS) is 11.9. The Morgan fingerprint density at radius 3 is 1.69 bits per heavy atom. The minimum absolute atomic E-state index is 0.598. The van der Waals surface area contributed by atoms with Gasteiger partial charge in [0, 0.05) is 43.7 Å². The van der Waals surface area contributed by atoms with E-state index in [4.69, 9.17) is 14.4 Å². The van der Waals surface area contributed by atoms with Crippen LogP contribution in [-0.4, -0.2) is 14.5 Å². The minimum atomic E-state index is -0.598. The van der Waals surface area contributed by atoms with Gasteiger partial charge < -0.3 is 8.98 Å². The molecule has 61 heavy (non-hydrogen) atoms. The average molecular weight is 780 g/mol. The maximum atomic E-state index is 6.85. The third-order valence-corrected chi connectivity index (χ3v) is 12.3. The van der Waals surface area contributed by atoms with E-state index in [1.54, 1.807) is 0 Å². The van der Waals surface area contributed by atoms with Gasteiger partial charge >= 0.3 is 0 Å². The van der Waals surface area contributed by atoms with Crippen molar-refractivity contribution >= 4 is 54.6 Å². The zero-order chi connectivity index (χ0) is 40.3. The maximum absolute atomic E-state index is 6.85. The van der Waals surface area contributed by atoms with Gasteiger partial charge in [-0.2, -0.15) is 0 Å². The number of para-hydroxylation sites is 2. The Balaban J connectivity index is 1.15. The van der Waals surface area contributed by atoms with E-state index in [-0.39, 0.29) is 0 Å². The molecule has 0 aliphatic carbocycles. The second-order valence-corrected chi connectivity index (χ2v) is 15.7. The third kappa shape index (κ3) is 5.46. The SMILES string of the molecule is c1ccc(-c2nc(-c3cccc(-n4c5ccc(C(c6ccccc6)(c6ccccc6)c6ccccc6)cc5c5ccc6c7ccccc7oc6c54)c3)nc3ccccc23)cc1. The van der Waals surface area contributed by atoms with Crippen molar-refractivity contribution in [1.82, 2.24) is 14.5 Å². The predicted octanol–water partition coefficient (Wildman–Crippen LogP) is 14.3. The van der Waals surface area contributed by atoms with Crippen molar-refractivity contribution in [2.45, 2.75) is 5.41 Å². The van der Waals surface area contributed by atoms with Crippen molar-refractivity contribution in [1.29, 1.82) is 0 Å². The molecule has 0 saturated carbocycles. The Morgan fingerprint density at radius 2 is 0.984 bits per heavy atom. The Bertz CT molecular complexity index is 3480. The fraction of sp³-hybridized carbons (Fsp3) is 0.0175. The molecule has 0 unspecified atom stereocenters. The van der Waals surface area contributed by atoms with Crippen molar-refractivity contribution in [2.24, 2.45) is 0 Å². The molecule has 0 aliphatic rings. The van der Waals surface area contributed by atoms with Gasteiger partial charge in [0.15, 0.2) is 11.4 Å². The van der Waals surface area contributed by atoms with Gasteiger partial charge in [-0.05, 0) is 64.7 Å². The lowest BCUT2D eigenvalue weighted by atomic mass is 9.65. The zero-order valence-electron chi connectivity index (χ0n) is 33.1. The molecule has 0 bridgehead atoms. The van der Waals surface area contributed by atoms with Crippen LogP contribution in [0.5, 0.6) is 0 Å². The number of fused-ring (bicyclic) bond motifs is 8. The van der Waals surface area contributed by atoms with E-state index in [2.05, 4.69) is 211 Å². The van der Waals surface area contributed by atoms with Crippen LogP contribution in [-0.2, 0) is 5.41 Å². The highest BCUT2D eigenvalue weighted by Crippen LogP contribution is 2.48. The Kier molecular flexibility index (Phi) is 8.04. The molecule has 286 valence electrons. The molecule has 0 spiro atoms. The summed E-state index contributed by atoms with van der Waals surface area (Å²) >= 11 is 0. The molecule has 12 rings (SSSR count). The van der Waals surface area contributed by atoms with Crippen LogP contribution in [0.15, 0.2) is 229 Å². The molecule has 4 heteroatoms. The van der Waals surface area contributed by atoms with Crippen molar-refractivity contribution in [3.05, 3.63) is 247 Å². The molecular weight excluding hydrogens is 743 g/mol.